The number of carbonyl (C=O) groups is 2. The predicted molar refractivity (Wildman–Crippen MR) is 178 cm³/mol. The molecule has 4 aromatic carbocycles. The molecule has 0 aliphatic carbocycles. The lowest BCUT2D eigenvalue weighted by Gasteiger charge is -2.26. The predicted octanol–water partition coefficient (Wildman–Crippen LogP) is 6.24. The first kappa shape index (κ1) is 33.1. The van der Waals surface area contributed by atoms with Crippen LogP contribution in [0.3, 0.4) is 0 Å². The maximum Gasteiger partial charge on any atom is 0.342 e. The summed E-state index contributed by atoms with van der Waals surface area (Å²) in [6.45, 7) is 3.95. The minimum Gasteiger partial charge on any atom is -0.493 e. The van der Waals surface area contributed by atoms with Crippen molar-refractivity contribution < 1.29 is 38.4 Å². The molecule has 47 heavy (non-hydrogen) atoms. The zero-order chi connectivity index (χ0) is 33.7. The van der Waals surface area contributed by atoms with Crippen molar-refractivity contribution in [1.29, 1.82) is 0 Å². The third-order valence-electron chi connectivity index (χ3n) is 7.97. The zero-order valence-corrected chi connectivity index (χ0v) is 27.6. The van der Waals surface area contributed by atoms with Gasteiger partial charge in [0.05, 0.1) is 45.7 Å². The Bertz CT molecular complexity index is 1990. The average Bonchev–Trinajstić information content (AvgIpc) is 3.66. The molecular formula is C36H34N2O8S. The van der Waals surface area contributed by atoms with Gasteiger partial charge >= 0.3 is 5.97 Å². The van der Waals surface area contributed by atoms with Crippen molar-refractivity contribution >= 4 is 40.6 Å². The first-order valence-electron chi connectivity index (χ1n) is 14.5. The molecule has 0 saturated carbocycles. The number of nitrogens with zero attached hydrogens (tertiary/aromatic N) is 2. The average molecular weight is 655 g/mol. The number of aromatic nitrogens is 2. The van der Waals surface area contributed by atoms with Crippen LogP contribution in [0.4, 0.5) is 0 Å². The van der Waals surface area contributed by atoms with Crippen molar-refractivity contribution in [2.24, 2.45) is 0 Å². The van der Waals surface area contributed by atoms with Crippen LogP contribution in [-0.2, 0) is 21.7 Å². The molecule has 0 fully saturated rings. The van der Waals surface area contributed by atoms with Crippen LogP contribution in [0.1, 0.15) is 38.2 Å². The fourth-order valence-electron chi connectivity index (χ4n) is 5.28. The van der Waals surface area contributed by atoms with Crippen molar-refractivity contribution in [3.05, 3.63) is 112 Å². The minimum atomic E-state index is -1.92. The number of aliphatic hydroxyl groups is 1. The highest BCUT2D eigenvalue weighted by Crippen LogP contribution is 2.45. The van der Waals surface area contributed by atoms with Crippen LogP contribution >= 0.6 is 11.7 Å². The second kappa shape index (κ2) is 14.0. The molecule has 1 unspecified atom stereocenters. The molecule has 0 radical (unpaired) electrons. The number of methoxy groups -OCH3 is 4. The Morgan fingerprint density at radius 3 is 2.09 bits per heavy atom. The van der Waals surface area contributed by atoms with E-state index in [9.17, 15) is 14.7 Å². The Kier molecular flexibility index (Phi) is 9.88. The highest BCUT2D eigenvalue weighted by Gasteiger charge is 2.48. The monoisotopic (exact) mass is 654 g/mol. The molecule has 6 rings (SSSR count). The molecule has 0 spiro atoms. The number of aldehydes is 1. The van der Waals surface area contributed by atoms with Crippen LogP contribution in [0.5, 0.6) is 23.0 Å². The second-order valence-corrected chi connectivity index (χ2v) is 11.3. The molecule has 10 nitrogen and oxygen atoms in total. The quantitative estimate of drug-likeness (QED) is 0.144. The zero-order valence-electron chi connectivity index (χ0n) is 26.8. The summed E-state index contributed by atoms with van der Waals surface area (Å²) in [5.74, 6) is -0.168. The van der Waals surface area contributed by atoms with Crippen LogP contribution in [0, 0.1) is 13.8 Å². The lowest BCUT2D eigenvalue weighted by Crippen LogP contribution is -2.30. The molecule has 1 aliphatic rings. The van der Waals surface area contributed by atoms with E-state index in [-0.39, 0.29) is 6.42 Å². The number of fused-ring (bicyclic) bond motifs is 1. The molecule has 1 aromatic heterocycles. The number of esters is 1. The van der Waals surface area contributed by atoms with E-state index in [4.69, 9.17) is 23.7 Å². The van der Waals surface area contributed by atoms with Crippen LogP contribution in [0.2, 0.25) is 0 Å². The Labute approximate surface area is 276 Å². The number of cyclic esters (lactones) is 1. The summed E-state index contributed by atoms with van der Waals surface area (Å²) < 4.78 is 35.1. The number of hydrogen-bond acceptors (Lipinski definition) is 11. The number of aryl methyl sites for hydroxylation is 2. The van der Waals surface area contributed by atoms with E-state index in [1.54, 1.807) is 63.8 Å². The van der Waals surface area contributed by atoms with Crippen LogP contribution in [-0.4, -0.2) is 54.5 Å². The highest BCUT2D eigenvalue weighted by molar-refractivity contribution is 7.00. The van der Waals surface area contributed by atoms with Crippen molar-refractivity contribution in [3.8, 4) is 23.0 Å². The van der Waals surface area contributed by atoms with Crippen molar-refractivity contribution in [2.45, 2.75) is 26.1 Å². The van der Waals surface area contributed by atoms with Gasteiger partial charge in [0, 0.05) is 23.1 Å². The Hall–Kier alpha value is -5.26. The molecule has 11 heteroatoms. The number of rotatable bonds is 9. The minimum absolute atomic E-state index is 0.248. The van der Waals surface area contributed by atoms with Gasteiger partial charge < -0.3 is 28.8 Å². The van der Waals surface area contributed by atoms with Gasteiger partial charge in [0.25, 0.3) is 5.79 Å². The molecule has 242 valence electrons. The summed E-state index contributed by atoms with van der Waals surface area (Å²) in [6.07, 6.45) is 1.01. The third-order valence-corrected chi connectivity index (χ3v) is 8.53. The topological polar surface area (TPSA) is 126 Å². The first-order valence-corrected chi connectivity index (χ1v) is 15.3. The van der Waals surface area contributed by atoms with Crippen LogP contribution < -0.4 is 18.9 Å². The molecule has 1 atom stereocenters. The van der Waals surface area contributed by atoms with E-state index in [0.29, 0.717) is 56.4 Å². The van der Waals surface area contributed by atoms with E-state index in [0.717, 1.165) is 40.2 Å². The molecule has 0 amide bonds. The van der Waals surface area contributed by atoms with Crippen molar-refractivity contribution in [3.63, 3.8) is 0 Å². The summed E-state index contributed by atoms with van der Waals surface area (Å²) in [7, 11) is 6.23. The van der Waals surface area contributed by atoms with Gasteiger partial charge in [-0.1, -0.05) is 24.3 Å². The lowest BCUT2D eigenvalue weighted by atomic mass is 9.87. The number of benzene rings is 4. The fourth-order valence-corrected chi connectivity index (χ4v) is 5.80. The normalized spacial score (nSPS) is 15.5. The highest BCUT2D eigenvalue weighted by atomic mass is 32.1. The third kappa shape index (κ3) is 6.67. The fraction of sp³-hybridized carbons (Fsp3) is 0.222. The van der Waals surface area contributed by atoms with Gasteiger partial charge in [-0.3, -0.25) is 4.79 Å². The van der Waals surface area contributed by atoms with Gasteiger partial charge in [-0.2, -0.15) is 8.75 Å². The summed E-state index contributed by atoms with van der Waals surface area (Å²) in [6, 6.07) is 21.5. The van der Waals surface area contributed by atoms with Gasteiger partial charge in [-0.25, -0.2) is 4.79 Å². The molecule has 5 aromatic rings. The van der Waals surface area contributed by atoms with Crippen LogP contribution in [0.15, 0.2) is 78.4 Å². The van der Waals surface area contributed by atoms with Crippen LogP contribution in [0.25, 0.3) is 16.6 Å². The van der Waals surface area contributed by atoms with E-state index in [1.807, 2.05) is 44.2 Å². The Morgan fingerprint density at radius 2 is 1.43 bits per heavy atom. The summed E-state index contributed by atoms with van der Waals surface area (Å²) >= 11 is 1.11. The summed E-state index contributed by atoms with van der Waals surface area (Å²) in [5.41, 5.74) is 6.77. The largest absolute Gasteiger partial charge is 0.493 e. The smallest absolute Gasteiger partial charge is 0.342 e. The van der Waals surface area contributed by atoms with Gasteiger partial charge in [0.15, 0.2) is 23.0 Å². The SMILES string of the molecule is COc1ccc(C=O)cc1OC.COc1ccc(CC2=C(c3ccc4nsnc4c3)C(=O)OC2(O)c2ccc(C)c(C)c2)cc1OC. The van der Waals surface area contributed by atoms with E-state index >= 15 is 0 Å². The standard InChI is InChI=1S/C27H24N2O5S.C9H10O3/c1-15-5-8-19(11-16(15)2)27(31)20(12-17-6-10-23(32-3)24(13-17)33-4)25(26(30)34-27)18-7-9-21-22(14-18)29-35-28-21;1-11-8-4-3-7(6-10)5-9(8)12-2/h5-11,13-14,31H,12H2,1-4H3;3-6H,1-2H3. The van der Waals surface area contributed by atoms with Gasteiger partial charge in [-0.15, -0.1) is 0 Å². The second-order valence-electron chi connectivity index (χ2n) is 10.8. The number of ether oxygens (including phenoxy) is 5. The Balaban J connectivity index is 0.000000305. The lowest BCUT2D eigenvalue weighted by molar-refractivity contribution is -0.185. The van der Waals surface area contributed by atoms with Gasteiger partial charge in [0.1, 0.15) is 17.3 Å². The van der Waals surface area contributed by atoms with Gasteiger partial charge in [0.2, 0.25) is 0 Å². The van der Waals surface area contributed by atoms with E-state index in [2.05, 4.69) is 8.75 Å². The molecule has 1 N–H and O–H groups in total. The summed E-state index contributed by atoms with van der Waals surface area (Å²) in [4.78, 5) is 23.7. The summed E-state index contributed by atoms with van der Waals surface area (Å²) in [5, 5.41) is 11.9. The van der Waals surface area contributed by atoms with Crippen molar-refractivity contribution in [2.75, 3.05) is 28.4 Å². The molecule has 2 heterocycles. The Morgan fingerprint density at radius 1 is 0.766 bits per heavy atom. The maximum atomic E-state index is 13.3. The molecule has 1 aliphatic heterocycles. The van der Waals surface area contributed by atoms with E-state index < -0.39 is 11.8 Å². The van der Waals surface area contributed by atoms with Crippen molar-refractivity contribution in [1.82, 2.24) is 8.75 Å². The number of carbonyl (C=O) groups excluding carboxylic acids is 2. The first-order chi connectivity index (χ1) is 22.6. The molecule has 0 bridgehead atoms. The maximum absolute atomic E-state index is 13.3. The molecule has 0 saturated heterocycles. The van der Waals surface area contributed by atoms with Gasteiger partial charge in [-0.05, 0) is 84.6 Å². The van der Waals surface area contributed by atoms with E-state index in [1.165, 1.54) is 7.11 Å². The molecular weight excluding hydrogens is 620 g/mol. The number of hydrogen-bond donors (Lipinski definition) is 1.